The van der Waals surface area contributed by atoms with Crippen molar-refractivity contribution in [3.8, 4) is 90.6 Å². The smallest absolute Gasteiger partial charge is 0.165 e. The van der Waals surface area contributed by atoms with Crippen molar-refractivity contribution in [2.24, 2.45) is 0 Å². The highest BCUT2D eigenvalue weighted by Gasteiger charge is 2.41. The van der Waals surface area contributed by atoms with E-state index < -0.39 is 0 Å². The topological polar surface area (TPSA) is 103 Å². The molecule has 0 saturated heterocycles. The first kappa shape index (κ1) is 39.2. The van der Waals surface area contributed by atoms with Gasteiger partial charge in [0.05, 0.1) is 0 Å². The van der Waals surface area contributed by atoms with Gasteiger partial charge in [0, 0.05) is 70.0 Å². The van der Waals surface area contributed by atoms with Crippen LogP contribution < -0.4 is 0 Å². The second-order valence-corrected chi connectivity index (χ2v) is 17.2. The van der Waals surface area contributed by atoms with Gasteiger partial charge in [0.15, 0.2) is 34.9 Å². The molecule has 7 aromatic carbocycles. The van der Waals surface area contributed by atoms with E-state index in [1.807, 2.05) is 84.9 Å². The number of rotatable bonds is 8. The van der Waals surface area contributed by atoms with Gasteiger partial charge in [-0.25, -0.2) is 29.9 Å². The molecule has 0 saturated carbocycles. The average molecular weight is 871 g/mol. The Morgan fingerprint density at radius 1 is 0.221 bits per heavy atom. The maximum Gasteiger partial charge on any atom is 0.165 e. The number of pyridine rings is 2. The zero-order chi connectivity index (χ0) is 45.0. The van der Waals surface area contributed by atoms with Crippen LogP contribution in [0.1, 0.15) is 45.2 Å². The fourth-order valence-electron chi connectivity index (χ4n) is 9.94. The summed E-state index contributed by atoms with van der Waals surface area (Å²) in [5.74, 6) is 3.82. The second-order valence-electron chi connectivity index (χ2n) is 17.2. The maximum atomic E-state index is 5.01. The van der Waals surface area contributed by atoms with E-state index in [0.29, 0.717) is 34.9 Å². The lowest BCUT2D eigenvalue weighted by Gasteiger charge is -2.42. The summed E-state index contributed by atoms with van der Waals surface area (Å²) in [7, 11) is 0. The number of benzene rings is 7. The third-order valence-corrected chi connectivity index (χ3v) is 13.1. The van der Waals surface area contributed by atoms with Crippen LogP contribution in [-0.4, -0.2) is 39.9 Å². The summed E-state index contributed by atoms with van der Waals surface area (Å²) in [5.41, 5.74) is 18.0. The summed E-state index contributed by atoms with van der Waals surface area (Å²) in [6.07, 6.45) is 7.10. The van der Waals surface area contributed by atoms with Crippen LogP contribution in [0.25, 0.3) is 90.6 Å². The van der Waals surface area contributed by atoms with Crippen molar-refractivity contribution in [3.05, 3.63) is 252 Å². The molecule has 0 fully saturated rings. The van der Waals surface area contributed by atoms with E-state index in [-0.39, 0.29) is 11.8 Å². The molecule has 11 aromatic rings. The molecule has 8 nitrogen and oxygen atoms in total. The molecule has 2 bridgehead atoms. The SMILES string of the molecule is c1ccc(-c2nc(-c3cccnc3)nc(-c3cccc(-c4ccc5c(c4)C4c6ccccc6C5c5cc(-c6cccc(-c7nc(-c8ccccc8)nc(-c8cccnc8)n7)c6)ccc54)c3)n2)cc1. The first-order valence-electron chi connectivity index (χ1n) is 22.7. The second kappa shape index (κ2) is 16.4. The highest BCUT2D eigenvalue weighted by atomic mass is 15.0. The van der Waals surface area contributed by atoms with Crippen molar-refractivity contribution >= 4 is 0 Å². The van der Waals surface area contributed by atoms with Crippen molar-refractivity contribution in [1.82, 2.24) is 39.9 Å². The van der Waals surface area contributed by atoms with E-state index in [0.717, 1.165) is 55.6 Å². The molecule has 8 heteroatoms. The van der Waals surface area contributed by atoms with Gasteiger partial charge in [0.1, 0.15) is 0 Å². The van der Waals surface area contributed by atoms with Gasteiger partial charge in [0.2, 0.25) is 0 Å². The Bertz CT molecular complexity index is 3330. The lowest BCUT2D eigenvalue weighted by Crippen LogP contribution is -2.27. The Balaban J connectivity index is 0.867. The minimum Gasteiger partial charge on any atom is -0.264 e. The Kier molecular flexibility index (Phi) is 9.45. The van der Waals surface area contributed by atoms with Crippen LogP contribution in [0.5, 0.6) is 0 Å². The lowest BCUT2D eigenvalue weighted by atomic mass is 9.60. The molecule has 2 unspecified atom stereocenters. The van der Waals surface area contributed by atoms with E-state index in [1.54, 1.807) is 24.8 Å². The van der Waals surface area contributed by atoms with Crippen LogP contribution in [0, 0.1) is 0 Å². The summed E-state index contributed by atoms with van der Waals surface area (Å²) < 4.78 is 0. The third-order valence-electron chi connectivity index (χ3n) is 13.1. The van der Waals surface area contributed by atoms with E-state index in [4.69, 9.17) is 29.9 Å². The molecule has 4 heterocycles. The molecule has 2 atom stereocenters. The van der Waals surface area contributed by atoms with Gasteiger partial charge in [-0.3, -0.25) is 9.97 Å². The van der Waals surface area contributed by atoms with Gasteiger partial charge in [-0.2, -0.15) is 0 Å². The molecule has 0 aliphatic heterocycles. The van der Waals surface area contributed by atoms with Gasteiger partial charge < -0.3 is 0 Å². The number of nitrogens with zero attached hydrogens (tertiary/aromatic N) is 8. The van der Waals surface area contributed by atoms with Crippen molar-refractivity contribution in [3.63, 3.8) is 0 Å². The summed E-state index contributed by atoms with van der Waals surface area (Å²) in [5, 5.41) is 0. The van der Waals surface area contributed by atoms with Crippen LogP contribution in [-0.2, 0) is 0 Å². The van der Waals surface area contributed by atoms with E-state index in [2.05, 4.69) is 119 Å². The Hall–Kier alpha value is -9.14. The molecule has 4 aromatic heterocycles. The maximum absolute atomic E-state index is 5.01. The summed E-state index contributed by atoms with van der Waals surface area (Å²) in [4.78, 5) is 38.5. The molecular weight excluding hydrogens is 833 g/mol. The van der Waals surface area contributed by atoms with E-state index in [1.165, 1.54) is 33.4 Å². The lowest BCUT2D eigenvalue weighted by molar-refractivity contribution is 0.755. The zero-order valence-corrected chi connectivity index (χ0v) is 36.5. The molecule has 3 aliphatic carbocycles. The summed E-state index contributed by atoms with van der Waals surface area (Å²) >= 11 is 0. The van der Waals surface area contributed by atoms with Gasteiger partial charge >= 0.3 is 0 Å². The van der Waals surface area contributed by atoms with Gasteiger partial charge in [0.25, 0.3) is 0 Å². The first-order chi connectivity index (χ1) is 33.7. The Morgan fingerprint density at radius 2 is 0.544 bits per heavy atom. The standard InChI is InChI=1S/C60H38N8/c1-3-13-37(14-4-1)55-63-57(67-59(65-55)45-21-11-29-61-35-45)43-19-9-17-39(31-43)41-25-27-49-51(33-41)53-47-23-7-8-24-48(47)54(49)52-34-42(26-28-50(52)53)40-18-10-20-44(32-40)58-64-56(38-15-5-2-6-16-38)66-60(68-58)46-22-12-30-62-36-46/h1-36,53-54H. The average Bonchev–Trinajstić information content (AvgIpc) is 3.43. The largest absolute Gasteiger partial charge is 0.264 e. The van der Waals surface area contributed by atoms with Crippen LogP contribution in [0.2, 0.25) is 0 Å². The van der Waals surface area contributed by atoms with Crippen LogP contribution in [0.4, 0.5) is 0 Å². The highest BCUT2D eigenvalue weighted by Crippen LogP contribution is 2.56. The van der Waals surface area contributed by atoms with E-state index in [9.17, 15) is 0 Å². The summed E-state index contributed by atoms with van der Waals surface area (Å²) in [6.45, 7) is 0. The zero-order valence-electron chi connectivity index (χ0n) is 36.5. The normalized spacial score (nSPS) is 14.2. The quantitative estimate of drug-likeness (QED) is 0.149. The fourth-order valence-corrected chi connectivity index (χ4v) is 9.94. The molecule has 0 spiro atoms. The number of hydrogen-bond donors (Lipinski definition) is 0. The molecule has 0 radical (unpaired) electrons. The Labute approximate surface area is 392 Å². The monoisotopic (exact) mass is 870 g/mol. The number of aromatic nitrogens is 8. The van der Waals surface area contributed by atoms with Crippen LogP contribution in [0.15, 0.2) is 219 Å². The Morgan fingerprint density at radius 3 is 0.956 bits per heavy atom. The van der Waals surface area contributed by atoms with Gasteiger partial charge in [-0.1, -0.05) is 146 Å². The summed E-state index contributed by atoms with van der Waals surface area (Å²) in [6, 6.07) is 68.0. The molecule has 318 valence electrons. The molecule has 68 heavy (non-hydrogen) atoms. The molecule has 0 N–H and O–H groups in total. The van der Waals surface area contributed by atoms with Crippen molar-refractivity contribution in [1.29, 1.82) is 0 Å². The molecular formula is C60H38N8. The van der Waals surface area contributed by atoms with Crippen molar-refractivity contribution in [2.75, 3.05) is 0 Å². The highest BCUT2D eigenvalue weighted by molar-refractivity contribution is 5.79. The molecule has 3 aliphatic rings. The van der Waals surface area contributed by atoms with Gasteiger partial charge in [-0.05, 0) is 104 Å². The van der Waals surface area contributed by atoms with Crippen molar-refractivity contribution in [2.45, 2.75) is 11.8 Å². The minimum absolute atomic E-state index is 0.0937. The number of hydrogen-bond acceptors (Lipinski definition) is 8. The predicted octanol–water partition coefficient (Wildman–Crippen LogP) is 13.2. The fraction of sp³-hybridized carbons (Fsp3) is 0.0333. The first-order valence-corrected chi connectivity index (χ1v) is 22.7. The third kappa shape index (κ3) is 6.94. The van der Waals surface area contributed by atoms with Crippen LogP contribution in [0.3, 0.4) is 0 Å². The predicted molar refractivity (Wildman–Crippen MR) is 267 cm³/mol. The van der Waals surface area contributed by atoms with Crippen LogP contribution >= 0.6 is 0 Å². The minimum atomic E-state index is 0.0937. The van der Waals surface area contributed by atoms with E-state index >= 15 is 0 Å². The molecule has 0 amide bonds. The molecule has 14 rings (SSSR count). The van der Waals surface area contributed by atoms with Crippen molar-refractivity contribution < 1.29 is 0 Å². The van der Waals surface area contributed by atoms with Gasteiger partial charge in [-0.15, -0.1) is 0 Å².